The SMILES string of the molecule is NC(=O)CCN(Cc1ccccc1)C(=O)Cn1cc(C(F)(F)F)ccc1=O. The van der Waals surface area contributed by atoms with Crippen LogP contribution in [-0.2, 0) is 28.9 Å². The predicted octanol–water partition coefficient (Wildman–Crippen LogP) is 1.77. The number of nitrogens with zero attached hydrogens (tertiary/aromatic N) is 2. The number of primary amides is 1. The summed E-state index contributed by atoms with van der Waals surface area (Å²) < 4.78 is 39.2. The number of benzene rings is 1. The Labute approximate surface area is 153 Å². The van der Waals surface area contributed by atoms with Gasteiger partial charge in [-0.2, -0.15) is 13.2 Å². The Morgan fingerprint density at radius 3 is 2.33 bits per heavy atom. The highest BCUT2D eigenvalue weighted by Gasteiger charge is 2.31. The van der Waals surface area contributed by atoms with E-state index in [-0.39, 0.29) is 19.5 Å². The van der Waals surface area contributed by atoms with Gasteiger partial charge in [-0.15, -0.1) is 0 Å². The lowest BCUT2D eigenvalue weighted by molar-refractivity contribution is -0.139. The van der Waals surface area contributed by atoms with Crippen molar-refractivity contribution < 1.29 is 22.8 Å². The van der Waals surface area contributed by atoms with Crippen LogP contribution in [0.3, 0.4) is 0 Å². The zero-order valence-electron chi connectivity index (χ0n) is 14.3. The van der Waals surface area contributed by atoms with Crippen molar-refractivity contribution in [1.82, 2.24) is 9.47 Å². The number of hydrogen-bond acceptors (Lipinski definition) is 3. The highest BCUT2D eigenvalue weighted by atomic mass is 19.4. The van der Waals surface area contributed by atoms with Crippen LogP contribution in [0.4, 0.5) is 13.2 Å². The molecule has 2 aromatic rings. The maximum Gasteiger partial charge on any atom is 0.417 e. The lowest BCUT2D eigenvalue weighted by atomic mass is 10.2. The van der Waals surface area contributed by atoms with Gasteiger partial charge in [0.05, 0.1) is 5.56 Å². The van der Waals surface area contributed by atoms with Crippen LogP contribution < -0.4 is 11.3 Å². The molecule has 1 aromatic heterocycles. The second-order valence-electron chi connectivity index (χ2n) is 5.90. The second kappa shape index (κ2) is 8.52. The highest BCUT2D eigenvalue weighted by Crippen LogP contribution is 2.28. The van der Waals surface area contributed by atoms with Crippen LogP contribution in [0.25, 0.3) is 0 Å². The van der Waals surface area contributed by atoms with Gasteiger partial charge in [0, 0.05) is 31.8 Å². The first-order valence-corrected chi connectivity index (χ1v) is 8.04. The maximum absolute atomic E-state index is 12.8. The van der Waals surface area contributed by atoms with Crippen molar-refractivity contribution in [3.8, 4) is 0 Å². The molecular weight excluding hydrogens is 363 g/mol. The molecular formula is C18H18F3N3O3. The molecule has 9 heteroatoms. The summed E-state index contributed by atoms with van der Waals surface area (Å²) in [4.78, 5) is 36.7. The van der Waals surface area contributed by atoms with E-state index >= 15 is 0 Å². The number of carbonyl (C=O) groups excluding carboxylic acids is 2. The van der Waals surface area contributed by atoms with Crippen molar-refractivity contribution in [2.45, 2.75) is 25.7 Å². The number of alkyl halides is 3. The van der Waals surface area contributed by atoms with Crippen LogP contribution in [0.1, 0.15) is 17.5 Å². The van der Waals surface area contributed by atoms with Crippen molar-refractivity contribution in [3.63, 3.8) is 0 Å². The molecule has 2 amide bonds. The van der Waals surface area contributed by atoms with Crippen LogP contribution >= 0.6 is 0 Å². The quantitative estimate of drug-likeness (QED) is 0.793. The minimum atomic E-state index is -4.63. The molecule has 27 heavy (non-hydrogen) atoms. The topological polar surface area (TPSA) is 85.4 Å². The Hall–Kier alpha value is -3.10. The molecule has 144 valence electrons. The van der Waals surface area contributed by atoms with E-state index < -0.39 is 35.7 Å². The van der Waals surface area contributed by atoms with E-state index in [0.717, 1.165) is 11.6 Å². The first-order valence-electron chi connectivity index (χ1n) is 8.04. The van der Waals surface area contributed by atoms with Gasteiger partial charge in [0.1, 0.15) is 6.54 Å². The fourth-order valence-electron chi connectivity index (χ4n) is 2.41. The largest absolute Gasteiger partial charge is 0.417 e. The van der Waals surface area contributed by atoms with Gasteiger partial charge in [0.15, 0.2) is 0 Å². The summed E-state index contributed by atoms with van der Waals surface area (Å²) in [6.45, 7) is -0.439. The van der Waals surface area contributed by atoms with E-state index in [1.807, 2.05) is 0 Å². The molecule has 0 atom stereocenters. The minimum Gasteiger partial charge on any atom is -0.370 e. The molecule has 0 bridgehead atoms. The van der Waals surface area contributed by atoms with Gasteiger partial charge in [-0.3, -0.25) is 14.4 Å². The summed E-state index contributed by atoms with van der Waals surface area (Å²) in [5.74, 6) is -1.21. The first-order chi connectivity index (χ1) is 12.7. The van der Waals surface area contributed by atoms with Crippen molar-refractivity contribution in [3.05, 3.63) is 70.1 Å². The first kappa shape index (κ1) is 20.2. The smallest absolute Gasteiger partial charge is 0.370 e. The van der Waals surface area contributed by atoms with Crippen LogP contribution in [0.2, 0.25) is 0 Å². The minimum absolute atomic E-state index is 0.00320. The summed E-state index contributed by atoms with van der Waals surface area (Å²) in [5.41, 5.74) is 4.13. The van der Waals surface area contributed by atoms with Crippen LogP contribution in [0, 0.1) is 0 Å². The van der Waals surface area contributed by atoms with Gasteiger partial charge in [0.2, 0.25) is 11.8 Å². The lowest BCUT2D eigenvalue weighted by Crippen LogP contribution is -2.38. The van der Waals surface area contributed by atoms with Crippen LogP contribution in [-0.4, -0.2) is 27.8 Å². The van der Waals surface area contributed by atoms with E-state index in [9.17, 15) is 27.6 Å². The summed E-state index contributed by atoms with van der Waals surface area (Å²) in [7, 11) is 0. The molecule has 0 fully saturated rings. The molecule has 0 saturated heterocycles. The molecule has 0 radical (unpaired) electrons. The average molecular weight is 381 g/mol. The highest BCUT2D eigenvalue weighted by molar-refractivity contribution is 5.78. The number of pyridine rings is 1. The standard InChI is InChI=1S/C18H18F3N3O3/c19-18(20,21)14-6-7-16(26)24(11-14)12-17(27)23(9-8-15(22)25)10-13-4-2-1-3-5-13/h1-7,11H,8-10,12H2,(H2,22,25). The molecule has 1 aromatic carbocycles. The van der Waals surface area contributed by atoms with Crippen molar-refractivity contribution in [2.75, 3.05) is 6.54 Å². The van der Waals surface area contributed by atoms with Crippen molar-refractivity contribution in [1.29, 1.82) is 0 Å². The monoisotopic (exact) mass is 381 g/mol. The van der Waals surface area contributed by atoms with Gasteiger partial charge < -0.3 is 15.2 Å². The Balaban J connectivity index is 2.22. The van der Waals surface area contributed by atoms with E-state index in [1.54, 1.807) is 30.3 Å². The lowest BCUT2D eigenvalue weighted by Gasteiger charge is -2.23. The van der Waals surface area contributed by atoms with Crippen molar-refractivity contribution >= 4 is 11.8 Å². The van der Waals surface area contributed by atoms with Crippen LogP contribution in [0.15, 0.2) is 53.5 Å². The van der Waals surface area contributed by atoms with Gasteiger partial charge >= 0.3 is 6.18 Å². The predicted molar refractivity (Wildman–Crippen MR) is 91.4 cm³/mol. The summed E-state index contributed by atoms with van der Waals surface area (Å²) >= 11 is 0. The molecule has 1 heterocycles. The third-order valence-electron chi connectivity index (χ3n) is 3.81. The second-order valence-corrected chi connectivity index (χ2v) is 5.90. The van der Waals surface area contributed by atoms with E-state index in [2.05, 4.69) is 0 Å². The molecule has 2 N–H and O–H groups in total. The molecule has 0 spiro atoms. The van der Waals surface area contributed by atoms with E-state index in [4.69, 9.17) is 5.73 Å². The Morgan fingerprint density at radius 1 is 1.07 bits per heavy atom. The Morgan fingerprint density at radius 2 is 1.74 bits per heavy atom. The van der Waals surface area contributed by atoms with Gasteiger partial charge in [0.25, 0.3) is 5.56 Å². The van der Waals surface area contributed by atoms with E-state index in [0.29, 0.717) is 16.8 Å². The van der Waals surface area contributed by atoms with Gasteiger partial charge in [-0.05, 0) is 11.6 Å². The zero-order chi connectivity index (χ0) is 20.0. The molecule has 2 rings (SSSR count). The number of carbonyl (C=O) groups is 2. The molecule has 6 nitrogen and oxygen atoms in total. The third-order valence-corrected chi connectivity index (χ3v) is 3.81. The third kappa shape index (κ3) is 5.98. The average Bonchev–Trinajstić information content (AvgIpc) is 2.60. The Bertz CT molecular complexity index is 863. The molecule has 0 unspecified atom stereocenters. The normalized spacial score (nSPS) is 11.2. The number of amides is 2. The zero-order valence-corrected chi connectivity index (χ0v) is 14.3. The molecule has 0 aliphatic rings. The molecule has 0 aliphatic heterocycles. The number of aromatic nitrogens is 1. The Kier molecular flexibility index (Phi) is 6.38. The van der Waals surface area contributed by atoms with Gasteiger partial charge in [-0.1, -0.05) is 30.3 Å². The van der Waals surface area contributed by atoms with E-state index in [1.165, 1.54) is 4.90 Å². The number of hydrogen-bond donors (Lipinski definition) is 1. The number of halogens is 3. The molecule has 0 aliphatic carbocycles. The number of rotatable bonds is 7. The van der Waals surface area contributed by atoms with Gasteiger partial charge in [-0.25, -0.2) is 0 Å². The fourth-order valence-corrected chi connectivity index (χ4v) is 2.41. The summed E-state index contributed by atoms with van der Waals surface area (Å²) in [6.07, 6.45) is -4.13. The summed E-state index contributed by atoms with van der Waals surface area (Å²) in [6, 6.07) is 10.3. The summed E-state index contributed by atoms with van der Waals surface area (Å²) in [5, 5.41) is 0. The van der Waals surface area contributed by atoms with Crippen molar-refractivity contribution in [2.24, 2.45) is 5.73 Å². The number of nitrogens with two attached hydrogens (primary N) is 1. The van der Waals surface area contributed by atoms with Crippen LogP contribution in [0.5, 0.6) is 0 Å². The maximum atomic E-state index is 12.8. The molecule has 0 saturated carbocycles. The fraction of sp³-hybridized carbons (Fsp3) is 0.278.